The molecule has 0 amide bonds. The molecule has 0 atom stereocenters. The average molecular weight is 258 g/mol. The van der Waals surface area contributed by atoms with E-state index in [9.17, 15) is 0 Å². The fraction of sp³-hybridized carbons (Fsp3) is 0.636. The molecule has 2 heterocycles. The van der Waals surface area contributed by atoms with E-state index in [1.165, 1.54) is 12.2 Å². The van der Waals surface area contributed by atoms with Crippen molar-refractivity contribution in [3.63, 3.8) is 0 Å². The Balaban J connectivity index is 2.27. The van der Waals surface area contributed by atoms with Crippen molar-refractivity contribution in [2.45, 2.75) is 20.3 Å². The number of aromatic nitrogens is 2. The lowest BCUT2D eigenvalue weighted by Gasteiger charge is -2.22. The van der Waals surface area contributed by atoms with E-state index >= 15 is 0 Å². The zero-order valence-corrected chi connectivity index (χ0v) is 11.2. The first-order valence-electron chi connectivity index (χ1n) is 5.52. The number of thioether (sulfide) groups is 1. The van der Waals surface area contributed by atoms with Gasteiger partial charge < -0.3 is 4.90 Å². The summed E-state index contributed by atoms with van der Waals surface area (Å²) in [5.41, 5.74) is 1.88. The van der Waals surface area contributed by atoms with E-state index in [2.05, 4.69) is 14.9 Å². The lowest BCUT2D eigenvalue weighted by Crippen LogP contribution is -2.27. The second kappa shape index (κ2) is 5.23. The van der Waals surface area contributed by atoms with Crippen LogP contribution in [-0.2, 0) is 0 Å². The van der Waals surface area contributed by atoms with Gasteiger partial charge in [-0.1, -0.05) is 11.6 Å². The monoisotopic (exact) mass is 257 g/mol. The van der Waals surface area contributed by atoms with Gasteiger partial charge in [-0.25, -0.2) is 9.97 Å². The molecule has 5 heteroatoms. The Morgan fingerprint density at radius 1 is 1.12 bits per heavy atom. The molecule has 1 fully saturated rings. The van der Waals surface area contributed by atoms with Gasteiger partial charge in [0.2, 0.25) is 0 Å². The van der Waals surface area contributed by atoms with Gasteiger partial charge in [0.05, 0.1) is 11.4 Å². The fourth-order valence-corrected chi connectivity index (χ4v) is 2.90. The van der Waals surface area contributed by atoms with Gasteiger partial charge in [0.1, 0.15) is 0 Å². The summed E-state index contributed by atoms with van der Waals surface area (Å²) >= 11 is 8.16. The summed E-state index contributed by atoms with van der Waals surface area (Å²) in [6.07, 6.45) is 1.19. The van der Waals surface area contributed by atoms with E-state index in [1.54, 1.807) is 0 Å². The Morgan fingerprint density at radius 2 is 1.88 bits per heavy atom. The average Bonchev–Trinajstić information content (AvgIpc) is 2.52. The van der Waals surface area contributed by atoms with Crippen molar-refractivity contribution >= 4 is 29.2 Å². The predicted molar refractivity (Wildman–Crippen MR) is 70.7 cm³/mol. The van der Waals surface area contributed by atoms with Crippen LogP contribution in [0.15, 0.2) is 0 Å². The maximum Gasteiger partial charge on any atom is 0.171 e. The maximum absolute atomic E-state index is 6.17. The molecule has 1 aliphatic heterocycles. The quantitative estimate of drug-likeness (QED) is 0.774. The summed E-state index contributed by atoms with van der Waals surface area (Å²) in [5, 5.41) is 0.537. The third kappa shape index (κ3) is 2.61. The Kier molecular flexibility index (Phi) is 3.92. The number of anilines is 1. The van der Waals surface area contributed by atoms with E-state index in [-0.39, 0.29) is 0 Å². The summed E-state index contributed by atoms with van der Waals surface area (Å²) in [6, 6.07) is 0. The van der Waals surface area contributed by atoms with Gasteiger partial charge >= 0.3 is 0 Å². The Hall–Kier alpha value is -0.480. The summed E-state index contributed by atoms with van der Waals surface area (Å²) in [4.78, 5) is 11.1. The van der Waals surface area contributed by atoms with Gasteiger partial charge in [0.15, 0.2) is 11.0 Å². The SMILES string of the molecule is Cc1nc(Cl)c(N2CCCSCC2)nc1C. The molecule has 0 spiro atoms. The molecule has 0 aliphatic carbocycles. The first-order chi connectivity index (χ1) is 7.68. The van der Waals surface area contributed by atoms with Crippen LogP contribution in [0.3, 0.4) is 0 Å². The highest BCUT2D eigenvalue weighted by molar-refractivity contribution is 7.99. The van der Waals surface area contributed by atoms with E-state index in [1.807, 2.05) is 25.6 Å². The second-order valence-corrected chi connectivity index (χ2v) is 5.54. The molecule has 0 unspecified atom stereocenters. The van der Waals surface area contributed by atoms with Crippen molar-refractivity contribution < 1.29 is 0 Å². The van der Waals surface area contributed by atoms with E-state index in [4.69, 9.17) is 11.6 Å². The molecule has 0 radical (unpaired) electrons. The van der Waals surface area contributed by atoms with Crippen LogP contribution in [0.5, 0.6) is 0 Å². The van der Waals surface area contributed by atoms with Crippen molar-refractivity contribution in [3.8, 4) is 0 Å². The van der Waals surface area contributed by atoms with Gasteiger partial charge in [-0.15, -0.1) is 0 Å². The maximum atomic E-state index is 6.17. The number of nitrogens with zero attached hydrogens (tertiary/aromatic N) is 3. The molecule has 2 rings (SSSR count). The Labute approximate surface area is 106 Å². The minimum Gasteiger partial charge on any atom is -0.353 e. The van der Waals surface area contributed by atoms with Gasteiger partial charge in [-0.2, -0.15) is 11.8 Å². The van der Waals surface area contributed by atoms with Gasteiger partial charge in [-0.05, 0) is 26.0 Å². The first kappa shape index (κ1) is 12.0. The molecular weight excluding hydrogens is 242 g/mol. The summed E-state index contributed by atoms with van der Waals surface area (Å²) in [5.74, 6) is 3.23. The summed E-state index contributed by atoms with van der Waals surface area (Å²) in [6.45, 7) is 5.97. The number of halogens is 1. The van der Waals surface area contributed by atoms with Crippen molar-refractivity contribution in [1.29, 1.82) is 0 Å². The first-order valence-corrected chi connectivity index (χ1v) is 7.05. The van der Waals surface area contributed by atoms with E-state index < -0.39 is 0 Å². The minimum atomic E-state index is 0.537. The lowest BCUT2D eigenvalue weighted by molar-refractivity contribution is 0.792. The van der Waals surface area contributed by atoms with Crippen LogP contribution in [0.4, 0.5) is 5.82 Å². The highest BCUT2D eigenvalue weighted by Crippen LogP contribution is 2.24. The normalized spacial score (nSPS) is 17.3. The van der Waals surface area contributed by atoms with Gasteiger partial charge in [0, 0.05) is 18.8 Å². The van der Waals surface area contributed by atoms with Crippen molar-refractivity contribution in [2.24, 2.45) is 0 Å². The van der Waals surface area contributed by atoms with Crippen LogP contribution in [0.2, 0.25) is 5.15 Å². The smallest absolute Gasteiger partial charge is 0.171 e. The van der Waals surface area contributed by atoms with Crippen molar-refractivity contribution in [3.05, 3.63) is 16.5 Å². The number of hydrogen-bond donors (Lipinski definition) is 0. The van der Waals surface area contributed by atoms with Crippen LogP contribution < -0.4 is 4.90 Å². The number of aryl methyl sites for hydroxylation is 2. The lowest BCUT2D eigenvalue weighted by atomic mass is 10.3. The standard InChI is InChI=1S/C11H16ClN3S/c1-8-9(2)14-11(10(12)13-8)15-4-3-6-16-7-5-15/h3-7H2,1-2H3. The topological polar surface area (TPSA) is 29.0 Å². The third-order valence-corrected chi connectivity index (χ3v) is 4.07. The Bertz CT molecular complexity index is 376. The van der Waals surface area contributed by atoms with E-state index in [0.29, 0.717) is 5.15 Å². The molecule has 3 nitrogen and oxygen atoms in total. The predicted octanol–water partition coefficient (Wildman–Crippen LogP) is 2.69. The Morgan fingerprint density at radius 3 is 2.69 bits per heavy atom. The van der Waals surface area contributed by atoms with Crippen LogP contribution in [0.1, 0.15) is 17.8 Å². The number of hydrogen-bond acceptors (Lipinski definition) is 4. The highest BCUT2D eigenvalue weighted by Gasteiger charge is 2.16. The minimum absolute atomic E-state index is 0.537. The van der Waals surface area contributed by atoms with Gasteiger partial charge in [-0.3, -0.25) is 0 Å². The largest absolute Gasteiger partial charge is 0.353 e. The summed E-state index contributed by atoms with van der Waals surface area (Å²) < 4.78 is 0. The van der Waals surface area contributed by atoms with Crippen LogP contribution in [0.25, 0.3) is 0 Å². The molecule has 1 aromatic rings. The third-order valence-electron chi connectivity index (χ3n) is 2.77. The molecule has 1 aromatic heterocycles. The van der Waals surface area contributed by atoms with Crippen LogP contribution >= 0.6 is 23.4 Å². The number of rotatable bonds is 1. The molecule has 0 aromatic carbocycles. The molecular formula is C11H16ClN3S. The van der Waals surface area contributed by atoms with Crippen LogP contribution in [-0.4, -0.2) is 34.6 Å². The van der Waals surface area contributed by atoms with Gasteiger partial charge in [0.25, 0.3) is 0 Å². The van der Waals surface area contributed by atoms with Crippen molar-refractivity contribution in [1.82, 2.24) is 9.97 Å². The zero-order chi connectivity index (χ0) is 11.5. The molecule has 1 saturated heterocycles. The molecule has 16 heavy (non-hydrogen) atoms. The molecule has 0 saturated carbocycles. The molecule has 0 N–H and O–H groups in total. The van der Waals surface area contributed by atoms with Crippen LogP contribution in [0, 0.1) is 13.8 Å². The fourth-order valence-electron chi connectivity index (χ4n) is 1.72. The molecule has 1 aliphatic rings. The summed E-state index contributed by atoms with van der Waals surface area (Å²) in [7, 11) is 0. The molecule has 0 bridgehead atoms. The van der Waals surface area contributed by atoms with E-state index in [0.717, 1.165) is 36.0 Å². The highest BCUT2D eigenvalue weighted by atomic mass is 35.5. The zero-order valence-electron chi connectivity index (χ0n) is 9.66. The second-order valence-electron chi connectivity index (χ2n) is 3.96. The van der Waals surface area contributed by atoms with Crippen molar-refractivity contribution in [2.75, 3.05) is 29.5 Å². The molecule has 88 valence electrons.